The number of hydrogen-bond acceptors (Lipinski definition) is 5. The Balaban J connectivity index is 2.10. The first-order valence-corrected chi connectivity index (χ1v) is 23.3. The fourth-order valence-electron chi connectivity index (χ4n) is 4.11. The third-order valence-corrected chi connectivity index (χ3v) is 20.7. The van der Waals surface area contributed by atoms with Gasteiger partial charge in [-0.2, -0.15) is 26.3 Å². The molecule has 15 heteroatoms. The first-order chi connectivity index (χ1) is 17.7. The minimum Gasteiger partial charge on any atom is -0.433 e. The zero-order valence-corrected chi connectivity index (χ0v) is 26.9. The minimum atomic E-state index is -2.77. The summed E-state index contributed by atoms with van der Waals surface area (Å²) >= 11 is 0. The highest BCUT2D eigenvalue weighted by molar-refractivity contribution is 6.95. The van der Waals surface area contributed by atoms with E-state index in [1.807, 2.05) is 52.4 Å². The molecule has 5 nitrogen and oxygen atoms in total. The molecule has 0 saturated carbocycles. The first-order valence-electron chi connectivity index (χ1n) is 11.8. The Hall–Kier alpha value is -2.15. The van der Waals surface area contributed by atoms with Gasteiger partial charge in [-0.05, 0) is 87.0 Å². The summed E-state index contributed by atoms with van der Waals surface area (Å²) in [5.41, 5.74) is 0. The van der Waals surface area contributed by atoms with E-state index in [1.54, 1.807) is 24.3 Å². The Morgan fingerprint density at radius 1 is 0.462 bits per heavy atom. The predicted octanol–water partition coefficient (Wildman–Crippen LogP) is 7.49. The van der Waals surface area contributed by atoms with Crippen molar-refractivity contribution in [2.45, 2.75) is 52.4 Å². The molecule has 0 bridgehead atoms. The number of ether oxygens (including phenoxy) is 2. The minimum absolute atomic E-state index is 0.0634. The average molecular weight is 627 g/mol. The monoisotopic (exact) mass is 626 g/mol. The van der Waals surface area contributed by atoms with Crippen LogP contribution in [-0.2, 0) is 12.3 Å². The van der Waals surface area contributed by atoms with Gasteiger partial charge in [0.05, 0.1) is 0 Å². The normalized spacial score (nSPS) is 12.7. The lowest BCUT2D eigenvalue weighted by Gasteiger charge is -2.41. The molecule has 0 N–H and O–H groups in total. The maximum Gasteiger partial charge on any atom is 0.344 e. The molecule has 0 fully saturated rings. The van der Waals surface area contributed by atoms with E-state index in [2.05, 4.69) is 9.47 Å². The van der Waals surface area contributed by atoms with Crippen LogP contribution in [0.5, 0.6) is 11.5 Å². The van der Waals surface area contributed by atoms with Crippen molar-refractivity contribution in [2.24, 2.45) is 0 Å². The van der Waals surface area contributed by atoms with Gasteiger partial charge >= 0.3 is 41.3 Å². The zero-order valence-electron chi connectivity index (χ0n) is 22.9. The van der Waals surface area contributed by atoms with Crippen molar-refractivity contribution in [1.82, 2.24) is 0 Å². The predicted molar refractivity (Wildman–Crippen MR) is 147 cm³/mol. The topological polar surface area (TPSA) is 46.2 Å². The van der Waals surface area contributed by atoms with Crippen molar-refractivity contribution < 1.29 is 48.2 Å². The molecule has 0 spiro atoms. The number of halogens is 6. The summed E-state index contributed by atoms with van der Waals surface area (Å²) in [6, 6.07) is 8.32. The first kappa shape index (κ1) is 33.1. The Kier molecular flexibility index (Phi) is 10.7. The Morgan fingerprint density at radius 3 is 1.00 bits per heavy atom. The molecule has 0 unspecified atom stereocenters. The van der Waals surface area contributed by atoms with Crippen LogP contribution in [0, 0.1) is 0 Å². The lowest BCUT2D eigenvalue weighted by molar-refractivity contribution is 0.241. The molecule has 39 heavy (non-hydrogen) atoms. The summed E-state index contributed by atoms with van der Waals surface area (Å²) in [5, 5.41) is 1.67. The second-order valence-corrected chi connectivity index (χ2v) is 25.7. The molecule has 0 amide bonds. The SMILES string of the molecule is C[Si](C)(O[Si](C)(C)O[Si](C)(C)c1ccc(OC(F)=C(F)F)cc1)O[Si](C)(C)c1ccc(OC(F)=C(F)F)cc1. The van der Waals surface area contributed by atoms with Gasteiger partial charge in [0.25, 0.3) is 0 Å². The second kappa shape index (κ2) is 12.6. The highest BCUT2D eigenvalue weighted by Crippen LogP contribution is 2.26. The van der Waals surface area contributed by atoms with Gasteiger partial charge in [-0.25, -0.2) is 0 Å². The van der Waals surface area contributed by atoms with Crippen LogP contribution in [-0.4, -0.2) is 33.8 Å². The number of benzene rings is 2. The van der Waals surface area contributed by atoms with E-state index in [0.717, 1.165) is 10.4 Å². The number of rotatable bonds is 12. The van der Waals surface area contributed by atoms with E-state index in [4.69, 9.17) is 12.3 Å². The fourth-order valence-corrected chi connectivity index (χ4v) is 22.6. The zero-order chi connectivity index (χ0) is 29.8. The summed E-state index contributed by atoms with van der Waals surface area (Å²) in [7, 11) is -10.6. The van der Waals surface area contributed by atoms with Gasteiger partial charge in [-0.3, -0.25) is 0 Å². The average Bonchev–Trinajstić information content (AvgIpc) is 2.77. The van der Waals surface area contributed by atoms with E-state index in [-0.39, 0.29) is 11.5 Å². The van der Waals surface area contributed by atoms with Gasteiger partial charge in [0.2, 0.25) is 16.6 Å². The third-order valence-electron chi connectivity index (χ3n) is 5.30. The smallest absolute Gasteiger partial charge is 0.344 e. The van der Waals surface area contributed by atoms with Crippen molar-refractivity contribution in [2.75, 3.05) is 0 Å². The highest BCUT2D eigenvalue weighted by atomic mass is 28.5. The van der Waals surface area contributed by atoms with Crippen molar-refractivity contribution >= 4 is 44.1 Å². The van der Waals surface area contributed by atoms with Crippen LogP contribution >= 0.6 is 0 Å². The van der Waals surface area contributed by atoms with Crippen LogP contribution in [0.25, 0.3) is 0 Å². The van der Waals surface area contributed by atoms with Crippen LogP contribution in [0.15, 0.2) is 72.7 Å². The van der Waals surface area contributed by atoms with Crippen molar-refractivity contribution in [1.29, 1.82) is 0 Å². The van der Waals surface area contributed by atoms with E-state index in [9.17, 15) is 26.3 Å². The standard InChI is InChI=1S/C24H32F6O5Si4/c1-36(2,19-13-9-17(10-14-19)31-23(29)21(25)26)33-38(5,6)35-39(7,8)34-37(3,4)20-15-11-18(12-16-20)32-24(30)22(27)28/h9-16H,1-8H3. The molecule has 2 aromatic carbocycles. The van der Waals surface area contributed by atoms with E-state index < -0.39 is 57.9 Å². The second-order valence-electron chi connectivity index (χ2n) is 10.4. The van der Waals surface area contributed by atoms with E-state index in [1.165, 1.54) is 24.3 Å². The lowest BCUT2D eigenvalue weighted by Crippen LogP contribution is -2.60. The fraction of sp³-hybridized carbons (Fsp3) is 0.333. The van der Waals surface area contributed by atoms with Crippen molar-refractivity contribution in [3.05, 3.63) is 72.7 Å². The summed E-state index contributed by atoms with van der Waals surface area (Å²) in [6.07, 6.45) is -5.07. The maximum atomic E-state index is 13.1. The molecular weight excluding hydrogens is 595 g/mol. The Labute approximate surface area is 228 Å². The van der Waals surface area contributed by atoms with Crippen LogP contribution in [0.3, 0.4) is 0 Å². The van der Waals surface area contributed by atoms with Gasteiger partial charge < -0.3 is 21.8 Å². The van der Waals surface area contributed by atoms with Crippen molar-refractivity contribution in [3.8, 4) is 11.5 Å². The molecule has 216 valence electrons. The summed E-state index contributed by atoms with van der Waals surface area (Å²) in [4.78, 5) is 0. The van der Waals surface area contributed by atoms with Gasteiger partial charge in [-0.1, -0.05) is 24.3 Å². The maximum absolute atomic E-state index is 13.1. The molecule has 0 saturated heterocycles. The molecule has 2 rings (SSSR count). The molecular formula is C24H32F6O5Si4. The quantitative estimate of drug-likeness (QED) is 0.139. The largest absolute Gasteiger partial charge is 0.433 e. The summed E-state index contributed by atoms with van der Waals surface area (Å²) in [6.45, 7) is 15.5. The molecule has 0 aliphatic rings. The lowest BCUT2D eigenvalue weighted by atomic mass is 10.3. The molecule has 0 aliphatic carbocycles. The van der Waals surface area contributed by atoms with Gasteiger partial charge in [0.1, 0.15) is 11.5 Å². The molecule has 0 heterocycles. The Bertz CT molecular complexity index is 1100. The van der Waals surface area contributed by atoms with Crippen LogP contribution in [0.2, 0.25) is 52.4 Å². The molecule has 0 aliphatic heterocycles. The summed E-state index contributed by atoms with van der Waals surface area (Å²) in [5.74, 6) is -0.127. The van der Waals surface area contributed by atoms with Crippen LogP contribution < -0.4 is 19.8 Å². The molecule has 0 radical (unpaired) electrons. The summed E-state index contributed by atoms with van der Waals surface area (Å²) < 4.78 is 104. The van der Waals surface area contributed by atoms with Gasteiger partial charge in [-0.15, -0.1) is 0 Å². The third kappa shape index (κ3) is 10.1. The van der Waals surface area contributed by atoms with E-state index >= 15 is 0 Å². The van der Waals surface area contributed by atoms with Crippen LogP contribution in [0.1, 0.15) is 0 Å². The van der Waals surface area contributed by atoms with Gasteiger partial charge in [0, 0.05) is 0 Å². The Morgan fingerprint density at radius 2 is 0.744 bits per heavy atom. The highest BCUT2D eigenvalue weighted by Gasteiger charge is 2.44. The van der Waals surface area contributed by atoms with Crippen molar-refractivity contribution in [3.63, 3.8) is 0 Å². The van der Waals surface area contributed by atoms with E-state index in [0.29, 0.717) is 0 Å². The number of hydrogen-bond donors (Lipinski definition) is 0. The van der Waals surface area contributed by atoms with Crippen LogP contribution in [0.4, 0.5) is 26.3 Å². The molecule has 0 atom stereocenters. The molecule has 2 aromatic rings. The molecule has 0 aromatic heterocycles. The van der Waals surface area contributed by atoms with Gasteiger partial charge in [0.15, 0.2) is 0 Å².